The summed E-state index contributed by atoms with van der Waals surface area (Å²) in [5.41, 5.74) is 0.763. The van der Waals surface area contributed by atoms with Crippen molar-refractivity contribution < 1.29 is 9.50 Å². The Kier molecular flexibility index (Phi) is 2.52. The molecule has 4 heteroatoms. The Hall–Kier alpha value is -2.41. The van der Waals surface area contributed by atoms with Crippen molar-refractivity contribution in [3.8, 4) is 17.0 Å². The predicted octanol–water partition coefficient (Wildman–Crippen LogP) is 3.14. The average molecular weight is 214 g/mol. The number of benzene rings is 1. The summed E-state index contributed by atoms with van der Waals surface area (Å²) in [4.78, 5) is 7.20. The van der Waals surface area contributed by atoms with Crippen molar-refractivity contribution in [1.29, 1.82) is 0 Å². The standard InChI is InChI=1S/C12H7FN2O/c1-14-10-6-8(13)7-11(16)12(10)9-4-2-3-5-15-9/h2-7,16H. The molecular weight excluding hydrogens is 207 g/mol. The summed E-state index contributed by atoms with van der Waals surface area (Å²) in [5.74, 6) is -0.909. The summed E-state index contributed by atoms with van der Waals surface area (Å²) in [7, 11) is 0. The number of hydrogen-bond acceptors (Lipinski definition) is 2. The molecule has 3 nitrogen and oxygen atoms in total. The molecule has 78 valence electrons. The third-order valence-electron chi connectivity index (χ3n) is 2.10. The molecule has 0 amide bonds. The van der Waals surface area contributed by atoms with E-state index in [0.717, 1.165) is 12.1 Å². The minimum atomic E-state index is -0.636. The van der Waals surface area contributed by atoms with Crippen molar-refractivity contribution in [2.45, 2.75) is 0 Å². The smallest absolute Gasteiger partial charge is 0.202 e. The highest BCUT2D eigenvalue weighted by Crippen LogP contribution is 2.37. The maximum absolute atomic E-state index is 13.0. The van der Waals surface area contributed by atoms with Gasteiger partial charge in [-0.3, -0.25) is 4.98 Å². The number of aromatic hydroxyl groups is 1. The van der Waals surface area contributed by atoms with Crippen molar-refractivity contribution in [1.82, 2.24) is 4.98 Å². The van der Waals surface area contributed by atoms with Gasteiger partial charge in [-0.05, 0) is 18.2 Å². The molecule has 0 bridgehead atoms. The summed E-state index contributed by atoms with van der Waals surface area (Å²) in [6.45, 7) is 6.95. The Morgan fingerprint density at radius 2 is 2.12 bits per heavy atom. The van der Waals surface area contributed by atoms with Gasteiger partial charge in [-0.25, -0.2) is 9.24 Å². The van der Waals surface area contributed by atoms with Gasteiger partial charge in [0.25, 0.3) is 0 Å². The quantitative estimate of drug-likeness (QED) is 0.740. The summed E-state index contributed by atoms with van der Waals surface area (Å²) in [5, 5.41) is 9.63. The van der Waals surface area contributed by atoms with Gasteiger partial charge in [-0.1, -0.05) is 6.07 Å². The van der Waals surface area contributed by atoms with Gasteiger partial charge in [-0.2, -0.15) is 0 Å². The van der Waals surface area contributed by atoms with Crippen LogP contribution in [0, 0.1) is 12.4 Å². The number of phenolic OH excluding ortho intramolecular Hbond substituents is 1. The van der Waals surface area contributed by atoms with Crippen molar-refractivity contribution in [3.05, 3.63) is 53.8 Å². The molecule has 0 unspecified atom stereocenters. The molecule has 0 spiro atoms. The maximum atomic E-state index is 13.0. The van der Waals surface area contributed by atoms with Crippen LogP contribution in [0.25, 0.3) is 16.1 Å². The van der Waals surface area contributed by atoms with E-state index in [9.17, 15) is 9.50 Å². The van der Waals surface area contributed by atoms with Crippen molar-refractivity contribution >= 4 is 5.69 Å². The molecule has 0 radical (unpaired) electrons. The molecule has 1 aromatic carbocycles. The highest BCUT2D eigenvalue weighted by molar-refractivity contribution is 5.81. The van der Waals surface area contributed by atoms with Crippen LogP contribution in [0.5, 0.6) is 5.75 Å². The van der Waals surface area contributed by atoms with Crippen molar-refractivity contribution in [2.24, 2.45) is 0 Å². The van der Waals surface area contributed by atoms with Crippen LogP contribution in [0.2, 0.25) is 0 Å². The molecule has 0 fully saturated rings. The summed E-state index contributed by atoms with van der Waals surface area (Å²) >= 11 is 0. The van der Waals surface area contributed by atoms with E-state index < -0.39 is 5.82 Å². The molecule has 1 heterocycles. The first-order valence-electron chi connectivity index (χ1n) is 4.53. The molecule has 0 aliphatic carbocycles. The normalized spacial score (nSPS) is 9.75. The lowest BCUT2D eigenvalue weighted by atomic mass is 10.1. The number of hydrogen-bond donors (Lipinski definition) is 1. The maximum Gasteiger partial charge on any atom is 0.202 e. The topological polar surface area (TPSA) is 37.5 Å². The summed E-state index contributed by atoms with van der Waals surface area (Å²) < 4.78 is 13.0. The number of phenols is 1. The molecule has 2 aromatic rings. The van der Waals surface area contributed by atoms with Gasteiger partial charge in [0.2, 0.25) is 5.69 Å². The zero-order valence-electron chi connectivity index (χ0n) is 8.18. The Bertz CT molecular complexity index is 561. The second kappa shape index (κ2) is 3.99. The van der Waals surface area contributed by atoms with Gasteiger partial charge >= 0.3 is 0 Å². The van der Waals surface area contributed by atoms with E-state index in [2.05, 4.69) is 9.83 Å². The Balaban J connectivity index is 2.71. The van der Waals surface area contributed by atoms with E-state index in [1.54, 1.807) is 24.4 Å². The zero-order valence-corrected chi connectivity index (χ0v) is 8.18. The molecule has 0 aliphatic heterocycles. The van der Waals surface area contributed by atoms with E-state index in [1.165, 1.54) is 0 Å². The fraction of sp³-hybridized carbons (Fsp3) is 0. The van der Waals surface area contributed by atoms with E-state index in [4.69, 9.17) is 6.57 Å². The zero-order chi connectivity index (χ0) is 11.5. The lowest BCUT2D eigenvalue weighted by molar-refractivity contribution is 0.471. The molecule has 0 saturated heterocycles. The number of nitrogens with zero attached hydrogens (tertiary/aromatic N) is 2. The van der Waals surface area contributed by atoms with Gasteiger partial charge < -0.3 is 5.11 Å². The Morgan fingerprint density at radius 1 is 1.31 bits per heavy atom. The number of aromatic nitrogens is 1. The fourth-order valence-electron chi connectivity index (χ4n) is 1.44. The third kappa shape index (κ3) is 1.71. The van der Waals surface area contributed by atoms with Crippen LogP contribution in [-0.2, 0) is 0 Å². The number of rotatable bonds is 1. The SMILES string of the molecule is [C-]#[N+]c1cc(F)cc(O)c1-c1ccccn1. The third-order valence-corrected chi connectivity index (χ3v) is 2.10. The molecule has 1 N–H and O–H groups in total. The van der Waals surface area contributed by atoms with E-state index in [0.29, 0.717) is 5.69 Å². The van der Waals surface area contributed by atoms with Crippen LogP contribution in [-0.4, -0.2) is 10.1 Å². The van der Waals surface area contributed by atoms with Crippen LogP contribution in [0.4, 0.5) is 10.1 Å². The fourth-order valence-corrected chi connectivity index (χ4v) is 1.44. The number of pyridine rings is 1. The van der Waals surface area contributed by atoms with Crippen LogP contribution >= 0.6 is 0 Å². The van der Waals surface area contributed by atoms with Gasteiger partial charge in [0.1, 0.15) is 11.6 Å². The molecule has 0 aliphatic rings. The molecule has 0 saturated carbocycles. The lowest BCUT2D eigenvalue weighted by Crippen LogP contribution is -1.85. The first kappa shape index (κ1) is 10.1. The molecule has 0 atom stereocenters. The van der Waals surface area contributed by atoms with Gasteiger partial charge in [0.15, 0.2) is 0 Å². The van der Waals surface area contributed by atoms with Crippen LogP contribution < -0.4 is 0 Å². The van der Waals surface area contributed by atoms with Crippen LogP contribution in [0.1, 0.15) is 0 Å². The minimum Gasteiger partial charge on any atom is -0.508 e. The van der Waals surface area contributed by atoms with Crippen LogP contribution in [0.3, 0.4) is 0 Å². The highest BCUT2D eigenvalue weighted by Gasteiger charge is 2.13. The largest absolute Gasteiger partial charge is 0.508 e. The monoisotopic (exact) mass is 214 g/mol. The first-order chi connectivity index (χ1) is 7.72. The molecule has 16 heavy (non-hydrogen) atoms. The van der Waals surface area contributed by atoms with Gasteiger partial charge in [0, 0.05) is 17.8 Å². The summed E-state index contributed by atoms with van der Waals surface area (Å²) in [6, 6.07) is 7.16. The van der Waals surface area contributed by atoms with Crippen LogP contribution in [0.15, 0.2) is 36.5 Å². The van der Waals surface area contributed by atoms with E-state index in [1.807, 2.05) is 0 Å². The second-order valence-corrected chi connectivity index (χ2v) is 3.15. The van der Waals surface area contributed by atoms with E-state index >= 15 is 0 Å². The minimum absolute atomic E-state index is 0.0520. The average Bonchev–Trinajstić information content (AvgIpc) is 2.29. The van der Waals surface area contributed by atoms with Gasteiger partial charge in [0.05, 0.1) is 12.3 Å². The lowest BCUT2D eigenvalue weighted by Gasteiger charge is -2.06. The van der Waals surface area contributed by atoms with E-state index in [-0.39, 0.29) is 17.0 Å². The first-order valence-corrected chi connectivity index (χ1v) is 4.53. The Morgan fingerprint density at radius 3 is 2.75 bits per heavy atom. The molecular formula is C12H7FN2O. The number of halogens is 1. The summed E-state index contributed by atoms with van der Waals surface area (Å²) in [6.07, 6.45) is 1.55. The predicted molar refractivity (Wildman–Crippen MR) is 57.6 cm³/mol. The molecule has 2 rings (SSSR count). The van der Waals surface area contributed by atoms with Crippen molar-refractivity contribution in [3.63, 3.8) is 0 Å². The van der Waals surface area contributed by atoms with Crippen molar-refractivity contribution in [2.75, 3.05) is 0 Å². The van der Waals surface area contributed by atoms with Gasteiger partial charge in [-0.15, -0.1) is 0 Å². The molecule has 1 aromatic heterocycles. The second-order valence-electron chi connectivity index (χ2n) is 3.15. The Labute approximate surface area is 91.6 Å². The highest BCUT2D eigenvalue weighted by atomic mass is 19.1.